The van der Waals surface area contributed by atoms with Gasteiger partial charge in [-0.1, -0.05) is 13.8 Å². The first-order valence-corrected chi connectivity index (χ1v) is 6.84. The number of pyridine rings is 1. The molecular formula is C14H18F4N2O3. The first kappa shape index (κ1) is 19.1. The lowest BCUT2D eigenvalue weighted by Gasteiger charge is -2.16. The summed E-state index contributed by atoms with van der Waals surface area (Å²) < 4.78 is 53.8. The van der Waals surface area contributed by atoms with Crippen molar-refractivity contribution in [1.29, 1.82) is 0 Å². The highest BCUT2D eigenvalue weighted by molar-refractivity contribution is 5.90. The Hall–Kier alpha value is -1.90. The Morgan fingerprint density at radius 2 is 2.04 bits per heavy atom. The van der Waals surface area contributed by atoms with Gasteiger partial charge in [-0.25, -0.2) is 13.8 Å². The topological polar surface area (TPSA) is 71.5 Å². The van der Waals surface area contributed by atoms with Crippen molar-refractivity contribution in [3.05, 3.63) is 18.3 Å². The van der Waals surface area contributed by atoms with Gasteiger partial charge >= 0.3 is 12.3 Å². The van der Waals surface area contributed by atoms with Crippen LogP contribution in [0.5, 0.6) is 5.88 Å². The van der Waals surface area contributed by atoms with E-state index in [0.717, 1.165) is 12.3 Å². The van der Waals surface area contributed by atoms with Crippen LogP contribution in [0.15, 0.2) is 18.3 Å². The summed E-state index contributed by atoms with van der Waals surface area (Å²) in [5.41, 5.74) is 0.263. The van der Waals surface area contributed by atoms with Crippen LogP contribution < -0.4 is 10.1 Å². The average molecular weight is 338 g/mol. The molecule has 1 unspecified atom stereocenters. The first-order chi connectivity index (χ1) is 10.6. The Kier molecular flexibility index (Phi) is 6.74. The molecule has 0 saturated carbocycles. The number of ether oxygens (including phenoxy) is 1. The molecule has 9 heteroatoms. The number of alkyl halides is 4. The normalized spacial score (nSPS) is 13.3. The summed E-state index contributed by atoms with van der Waals surface area (Å²) >= 11 is 0. The summed E-state index contributed by atoms with van der Waals surface area (Å²) in [5.74, 6) is -5.05. The number of nitrogens with one attached hydrogen (secondary N) is 1. The van der Waals surface area contributed by atoms with Crippen molar-refractivity contribution in [2.45, 2.75) is 38.7 Å². The van der Waals surface area contributed by atoms with E-state index in [-0.39, 0.29) is 23.9 Å². The van der Waals surface area contributed by atoms with Crippen LogP contribution in [0.3, 0.4) is 0 Å². The van der Waals surface area contributed by atoms with Crippen molar-refractivity contribution >= 4 is 11.6 Å². The number of carbonyl (C=O) groups excluding carboxylic acids is 1. The van der Waals surface area contributed by atoms with Crippen LogP contribution >= 0.6 is 0 Å². The number of nitrogens with zero attached hydrogens (tertiary/aromatic N) is 1. The van der Waals surface area contributed by atoms with Gasteiger partial charge < -0.3 is 15.2 Å². The third-order valence-electron chi connectivity index (χ3n) is 2.92. The van der Waals surface area contributed by atoms with Crippen molar-refractivity contribution in [2.75, 3.05) is 11.9 Å². The fourth-order valence-corrected chi connectivity index (χ4v) is 1.41. The van der Waals surface area contributed by atoms with Gasteiger partial charge in [0.25, 0.3) is 0 Å². The minimum atomic E-state index is -4.26. The molecule has 0 fully saturated rings. The molecule has 0 spiro atoms. The van der Waals surface area contributed by atoms with Crippen LogP contribution in [0.1, 0.15) is 20.3 Å². The number of aromatic nitrogens is 1. The van der Waals surface area contributed by atoms with Gasteiger partial charge in [-0.05, 0) is 12.0 Å². The van der Waals surface area contributed by atoms with Crippen LogP contribution in [0.4, 0.5) is 23.2 Å². The van der Waals surface area contributed by atoms with Gasteiger partial charge in [-0.15, -0.1) is 0 Å². The molecular weight excluding hydrogens is 320 g/mol. The zero-order valence-corrected chi connectivity index (χ0v) is 12.6. The molecule has 1 amide bonds. The third-order valence-corrected chi connectivity index (χ3v) is 2.92. The number of aliphatic hydroxyl groups is 1. The second kappa shape index (κ2) is 8.09. The van der Waals surface area contributed by atoms with Gasteiger partial charge in [0.15, 0.2) is 6.61 Å². The molecule has 5 nitrogen and oxygen atoms in total. The summed E-state index contributed by atoms with van der Waals surface area (Å²) in [5, 5.41) is 12.0. The Balaban J connectivity index is 2.52. The predicted octanol–water partition coefficient (Wildman–Crippen LogP) is 2.71. The summed E-state index contributed by atoms with van der Waals surface area (Å²) in [7, 11) is 0. The zero-order valence-electron chi connectivity index (χ0n) is 12.6. The highest BCUT2D eigenvalue weighted by Gasteiger charge is 2.41. The summed E-state index contributed by atoms with van der Waals surface area (Å²) in [4.78, 5) is 15.3. The van der Waals surface area contributed by atoms with E-state index in [9.17, 15) is 27.5 Å². The maximum absolute atomic E-state index is 12.7. The number of carbonyl (C=O) groups is 1. The quantitative estimate of drug-likeness (QED) is 0.715. The monoisotopic (exact) mass is 338 g/mol. The second-order valence-corrected chi connectivity index (χ2v) is 5.30. The Morgan fingerprint density at radius 3 is 2.52 bits per heavy atom. The number of aliphatic hydroxyl groups excluding tert-OH is 1. The molecule has 0 aliphatic carbocycles. The first-order valence-electron chi connectivity index (χ1n) is 6.84. The number of hydrogen-bond donors (Lipinski definition) is 2. The largest absolute Gasteiger partial charge is 0.471 e. The molecule has 1 aromatic rings. The molecule has 1 atom stereocenters. The SMILES string of the molecule is CC(C)C(O)CC(=O)Nc1ccc(OCC(F)(F)C(F)F)nc1. The second-order valence-electron chi connectivity index (χ2n) is 5.30. The molecule has 0 aliphatic heterocycles. The van der Waals surface area contributed by atoms with E-state index in [1.165, 1.54) is 6.07 Å². The lowest BCUT2D eigenvalue weighted by Crippen LogP contribution is -2.33. The molecule has 1 rings (SSSR count). The average Bonchev–Trinajstić information content (AvgIpc) is 2.46. The fourth-order valence-electron chi connectivity index (χ4n) is 1.41. The molecule has 1 aromatic heterocycles. The lowest BCUT2D eigenvalue weighted by atomic mass is 10.0. The van der Waals surface area contributed by atoms with E-state index in [2.05, 4.69) is 15.0 Å². The van der Waals surface area contributed by atoms with Gasteiger partial charge in [0.1, 0.15) is 0 Å². The third kappa shape index (κ3) is 6.39. The fraction of sp³-hybridized carbons (Fsp3) is 0.571. The molecule has 130 valence electrons. The van der Waals surface area contributed by atoms with E-state index in [1.54, 1.807) is 13.8 Å². The van der Waals surface area contributed by atoms with E-state index >= 15 is 0 Å². The van der Waals surface area contributed by atoms with Gasteiger partial charge in [-0.2, -0.15) is 8.78 Å². The molecule has 0 aromatic carbocycles. The van der Waals surface area contributed by atoms with Gasteiger partial charge in [0.2, 0.25) is 11.8 Å². The van der Waals surface area contributed by atoms with Gasteiger partial charge in [0.05, 0.1) is 24.4 Å². The van der Waals surface area contributed by atoms with Crippen molar-refractivity contribution in [1.82, 2.24) is 4.98 Å². The number of hydrogen-bond acceptors (Lipinski definition) is 4. The highest BCUT2D eigenvalue weighted by Crippen LogP contribution is 2.24. The number of amides is 1. The van der Waals surface area contributed by atoms with Crippen LogP contribution in [0.25, 0.3) is 0 Å². The Bertz CT molecular complexity index is 509. The molecule has 23 heavy (non-hydrogen) atoms. The zero-order chi connectivity index (χ0) is 17.6. The molecule has 0 saturated heterocycles. The van der Waals surface area contributed by atoms with E-state index in [4.69, 9.17) is 0 Å². The maximum Gasteiger partial charge on any atom is 0.340 e. The van der Waals surface area contributed by atoms with E-state index in [1.807, 2.05) is 0 Å². The standard InChI is InChI=1S/C14H18F4N2O3/c1-8(2)10(21)5-11(22)20-9-3-4-12(19-6-9)23-7-14(17,18)13(15)16/h3-4,6,8,10,13,21H,5,7H2,1-2H3,(H,20,22). The summed E-state index contributed by atoms with van der Waals surface area (Å²) in [6.07, 6.45) is -3.58. The van der Waals surface area contributed by atoms with Crippen molar-refractivity contribution in [3.63, 3.8) is 0 Å². The molecule has 0 bridgehead atoms. The van der Waals surface area contributed by atoms with Crippen molar-refractivity contribution < 1.29 is 32.2 Å². The molecule has 0 aliphatic rings. The number of halogens is 4. The maximum atomic E-state index is 12.7. The minimum absolute atomic E-state index is 0.0776. The van der Waals surface area contributed by atoms with Crippen LogP contribution in [-0.4, -0.2) is 41.1 Å². The smallest absolute Gasteiger partial charge is 0.340 e. The number of anilines is 1. The Labute approximate surface area is 130 Å². The minimum Gasteiger partial charge on any atom is -0.471 e. The van der Waals surface area contributed by atoms with E-state index < -0.39 is 31.0 Å². The highest BCUT2D eigenvalue weighted by atomic mass is 19.3. The number of rotatable bonds is 8. The Morgan fingerprint density at radius 1 is 1.39 bits per heavy atom. The molecule has 0 radical (unpaired) electrons. The van der Waals surface area contributed by atoms with Crippen molar-refractivity contribution in [3.8, 4) is 5.88 Å². The summed E-state index contributed by atoms with van der Waals surface area (Å²) in [6.45, 7) is 2.03. The van der Waals surface area contributed by atoms with Crippen LogP contribution in [0, 0.1) is 5.92 Å². The van der Waals surface area contributed by atoms with Gasteiger partial charge in [-0.3, -0.25) is 4.79 Å². The lowest BCUT2D eigenvalue weighted by molar-refractivity contribution is -0.148. The van der Waals surface area contributed by atoms with Crippen molar-refractivity contribution in [2.24, 2.45) is 5.92 Å². The van der Waals surface area contributed by atoms with Crippen LogP contribution in [-0.2, 0) is 4.79 Å². The van der Waals surface area contributed by atoms with Crippen LogP contribution in [0.2, 0.25) is 0 Å². The molecule has 2 N–H and O–H groups in total. The van der Waals surface area contributed by atoms with E-state index in [0.29, 0.717) is 0 Å². The predicted molar refractivity (Wildman–Crippen MR) is 74.8 cm³/mol. The summed E-state index contributed by atoms with van der Waals surface area (Å²) in [6, 6.07) is 2.48. The van der Waals surface area contributed by atoms with Gasteiger partial charge in [0, 0.05) is 6.07 Å². The molecule has 1 heterocycles.